The normalized spacial score (nSPS) is 27.1. The van der Waals surface area contributed by atoms with Crippen molar-refractivity contribution < 1.29 is 9.21 Å². The van der Waals surface area contributed by atoms with Gasteiger partial charge in [0.15, 0.2) is 5.76 Å². The predicted octanol–water partition coefficient (Wildman–Crippen LogP) is 2.04. The first-order chi connectivity index (χ1) is 9.78. The minimum absolute atomic E-state index is 0.291. The maximum absolute atomic E-state index is 11.4. The average Bonchev–Trinajstić information content (AvgIpc) is 2.95. The molecule has 110 valence electrons. The van der Waals surface area contributed by atoms with Crippen LogP contribution in [0.1, 0.15) is 54.8 Å². The number of carbonyl (C=O) groups excluding carboxylic acids is 1. The zero-order valence-electron chi connectivity index (χ0n) is 11.8. The van der Waals surface area contributed by atoms with Crippen LogP contribution in [0.5, 0.6) is 0 Å². The summed E-state index contributed by atoms with van der Waals surface area (Å²) in [4.78, 5) is 13.9. The van der Waals surface area contributed by atoms with E-state index in [1.165, 1.54) is 38.5 Å². The van der Waals surface area contributed by atoms with Crippen LogP contribution in [-0.2, 0) is 6.54 Å². The number of carbonyl (C=O) groups is 1. The number of likely N-dealkylation sites (tertiary alicyclic amines) is 1. The monoisotopic (exact) mass is 277 g/mol. The number of amides is 1. The molecular weight excluding hydrogens is 254 g/mol. The van der Waals surface area contributed by atoms with Crippen LogP contribution in [-0.4, -0.2) is 23.4 Å². The number of piperidine rings is 1. The molecule has 3 N–H and O–H groups in total. The molecule has 1 aromatic rings. The quantitative estimate of drug-likeness (QED) is 0.504. The molecule has 2 aliphatic rings. The smallest absolute Gasteiger partial charge is 0.300 e. The first-order valence-electron chi connectivity index (χ1n) is 7.61. The fourth-order valence-electron chi connectivity index (χ4n) is 3.78. The lowest BCUT2D eigenvalue weighted by Crippen LogP contribution is -2.46. The van der Waals surface area contributed by atoms with Gasteiger partial charge in [-0.25, -0.2) is 5.84 Å². The Bertz CT molecular complexity index is 469. The Balaban J connectivity index is 1.67. The van der Waals surface area contributed by atoms with E-state index in [1.54, 1.807) is 6.07 Å². The molecule has 1 amide bonds. The Morgan fingerprint density at radius 3 is 2.95 bits per heavy atom. The van der Waals surface area contributed by atoms with E-state index in [0.717, 1.165) is 24.8 Å². The van der Waals surface area contributed by atoms with Gasteiger partial charge < -0.3 is 4.42 Å². The Labute approximate surface area is 119 Å². The van der Waals surface area contributed by atoms with Crippen LogP contribution in [0.25, 0.3) is 0 Å². The molecule has 0 bridgehead atoms. The number of furan rings is 1. The molecule has 5 heteroatoms. The van der Waals surface area contributed by atoms with Crippen molar-refractivity contribution in [1.82, 2.24) is 10.3 Å². The first kappa shape index (κ1) is 13.6. The summed E-state index contributed by atoms with van der Waals surface area (Å²) in [7, 11) is 0. The van der Waals surface area contributed by atoms with Gasteiger partial charge in [0.2, 0.25) is 0 Å². The number of fused-ring (bicyclic) bond motifs is 1. The maximum atomic E-state index is 11.4. The summed E-state index contributed by atoms with van der Waals surface area (Å²) in [5.74, 6) is 6.75. The van der Waals surface area contributed by atoms with Crippen molar-refractivity contribution in [3.63, 3.8) is 0 Å². The van der Waals surface area contributed by atoms with E-state index in [1.807, 2.05) is 6.07 Å². The molecule has 1 aliphatic heterocycles. The standard InChI is InChI=1S/C15H23N3O2/c16-17-15(19)14-8-7-12(20-14)10-18-9-3-5-11-4-1-2-6-13(11)18/h7-8,11,13H,1-6,9-10,16H2,(H,17,19). The predicted molar refractivity (Wildman–Crippen MR) is 75.8 cm³/mol. The fraction of sp³-hybridized carbons (Fsp3) is 0.667. The average molecular weight is 277 g/mol. The summed E-state index contributed by atoms with van der Waals surface area (Å²) in [6.07, 6.45) is 8.06. The molecule has 3 rings (SSSR count). The molecule has 1 saturated carbocycles. The Morgan fingerprint density at radius 1 is 1.30 bits per heavy atom. The number of nitrogens with two attached hydrogens (primary N) is 1. The number of rotatable bonds is 3. The molecule has 1 aliphatic carbocycles. The highest BCUT2D eigenvalue weighted by Gasteiger charge is 2.33. The molecule has 2 unspecified atom stereocenters. The van der Waals surface area contributed by atoms with Gasteiger partial charge >= 0.3 is 5.91 Å². The topological polar surface area (TPSA) is 71.5 Å². The minimum atomic E-state index is -0.370. The van der Waals surface area contributed by atoms with E-state index in [-0.39, 0.29) is 5.91 Å². The van der Waals surface area contributed by atoms with Crippen LogP contribution in [0.2, 0.25) is 0 Å². The van der Waals surface area contributed by atoms with Crippen LogP contribution in [0, 0.1) is 5.92 Å². The molecule has 2 atom stereocenters. The number of nitrogens with one attached hydrogen (secondary N) is 1. The molecule has 0 aromatic carbocycles. The van der Waals surface area contributed by atoms with Crippen molar-refractivity contribution in [2.75, 3.05) is 6.54 Å². The van der Waals surface area contributed by atoms with Gasteiger partial charge in [-0.3, -0.25) is 15.1 Å². The van der Waals surface area contributed by atoms with Gasteiger partial charge in [0, 0.05) is 6.04 Å². The summed E-state index contributed by atoms with van der Waals surface area (Å²) >= 11 is 0. The maximum Gasteiger partial charge on any atom is 0.300 e. The van der Waals surface area contributed by atoms with Gasteiger partial charge in [-0.15, -0.1) is 0 Å². The van der Waals surface area contributed by atoms with Crippen LogP contribution in [0.4, 0.5) is 0 Å². The van der Waals surface area contributed by atoms with E-state index >= 15 is 0 Å². The van der Waals surface area contributed by atoms with E-state index in [9.17, 15) is 4.79 Å². The first-order valence-corrected chi connectivity index (χ1v) is 7.61. The molecule has 5 nitrogen and oxygen atoms in total. The molecular formula is C15H23N3O2. The van der Waals surface area contributed by atoms with Crippen molar-refractivity contribution in [3.8, 4) is 0 Å². The summed E-state index contributed by atoms with van der Waals surface area (Å²) in [6.45, 7) is 1.94. The number of nitrogens with zero attached hydrogens (tertiary/aromatic N) is 1. The van der Waals surface area contributed by atoms with Gasteiger partial charge in [0.1, 0.15) is 5.76 Å². The molecule has 20 heavy (non-hydrogen) atoms. The highest BCUT2D eigenvalue weighted by atomic mass is 16.4. The lowest BCUT2D eigenvalue weighted by molar-refractivity contribution is 0.0490. The van der Waals surface area contributed by atoms with E-state index in [4.69, 9.17) is 10.3 Å². The summed E-state index contributed by atoms with van der Waals surface area (Å²) < 4.78 is 5.59. The zero-order chi connectivity index (χ0) is 13.9. The van der Waals surface area contributed by atoms with Crippen molar-refractivity contribution in [1.29, 1.82) is 0 Å². The van der Waals surface area contributed by atoms with E-state index < -0.39 is 0 Å². The van der Waals surface area contributed by atoms with Crippen molar-refractivity contribution in [3.05, 3.63) is 23.7 Å². The highest BCUT2D eigenvalue weighted by molar-refractivity contribution is 5.90. The second kappa shape index (κ2) is 5.97. The zero-order valence-corrected chi connectivity index (χ0v) is 11.8. The Kier molecular flexibility index (Phi) is 4.08. The number of hydrogen-bond acceptors (Lipinski definition) is 4. The van der Waals surface area contributed by atoms with Crippen LogP contribution >= 0.6 is 0 Å². The number of nitrogen functional groups attached to an aromatic ring is 1. The Morgan fingerprint density at radius 2 is 2.10 bits per heavy atom. The third kappa shape index (κ3) is 2.74. The van der Waals surface area contributed by atoms with E-state index in [0.29, 0.717) is 11.8 Å². The second-order valence-electron chi connectivity index (χ2n) is 5.96. The van der Waals surface area contributed by atoms with Crippen molar-refractivity contribution in [2.24, 2.45) is 11.8 Å². The summed E-state index contributed by atoms with van der Waals surface area (Å²) in [5, 5.41) is 0. The summed E-state index contributed by atoms with van der Waals surface area (Å²) in [5.41, 5.74) is 2.10. The van der Waals surface area contributed by atoms with Crippen LogP contribution in [0.3, 0.4) is 0 Å². The van der Waals surface area contributed by atoms with Crippen molar-refractivity contribution >= 4 is 5.91 Å². The van der Waals surface area contributed by atoms with Gasteiger partial charge in [0.05, 0.1) is 6.54 Å². The highest BCUT2D eigenvalue weighted by Crippen LogP contribution is 2.36. The fourth-order valence-corrected chi connectivity index (χ4v) is 3.78. The van der Waals surface area contributed by atoms with Gasteiger partial charge in [-0.1, -0.05) is 12.8 Å². The molecule has 0 spiro atoms. The molecule has 1 saturated heterocycles. The largest absolute Gasteiger partial charge is 0.455 e. The number of hydrazine groups is 1. The van der Waals surface area contributed by atoms with Gasteiger partial charge in [-0.05, 0) is 50.3 Å². The van der Waals surface area contributed by atoms with Gasteiger partial charge in [-0.2, -0.15) is 0 Å². The third-order valence-corrected chi connectivity index (χ3v) is 4.73. The summed E-state index contributed by atoms with van der Waals surface area (Å²) in [6, 6.07) is 4.28. The van der Waals surface area contributed by atoms with Crippen LogP contribution < -0.4 is 11.3 Å². The minimum Gasteiger partial charge on any atom is -0.455 e. The second-order valence-corrected chi connectivity index (χ2v) is 5.96. The van der Waals surface area contributed by atoms with Crippen LogP contribution in [0.15, 0.2) is 16.5 Å². The van der Waals surface area contributed by atoms with E-state index in [2.05, 4.69) is 10.3 Å². The lowest BCUT2D eigenvalue weighted by atomic mass is 9.78. The molecule has 2 heterocycles. The van der Waals surface area contributed by atoms with Gasteiger partial charge in [0.25, 0.3) is 0 Å². The Hall–Kier alpha value is -1.33. The molecule has 2 fully saturated rings. The third-order valence-electron chi connectivity index (χ3n) is 4.73. The molecule has 1 aromatic heterocycles. The lowest BCUT2D eigenvalue weighted by Gasteiger charge is -2.43. The SMILES string of the molecule is NNC(=O)c1ccc(CN2CCCC3CCCCC32)o1. The van der Waals surface area contributed by atoms with Crippen molar-refractivity contribution in [2.45, 2.75) is 51.1 Å². The molecule has 0 radical (unpaired) electrons. The number of hydrogen-bond donors (Lipinski definition) is 2.